The minimum atomic E-state index is -4.92. The van der Waals surface area contributed by atoms with Crippen LogP contribution in [0.3, 0.4) is 0 Å². The van der Waals surface area contributed by atoms with Crippen LogP contribution < -0.4 is 10.3 Å². The van der Waals surface area contributed by atoms with Gasteiger partial charge in [-0.25, -0.2) is 8.42 Å². The van der Waals surface area contributed by atoms with Crippen LogP contribution in [0.1, 0.15) is 25.2 Å². The van der Waals surface area contributed by atoms with Crippen molar-refractivity contribution in [1.82, 2.24) is 4.57 Å². The molecule has 0 atom stereocenters. The summed E-state index contributed by atoms with van der Waals surface area (Å²) >= 11 is 0. The fraction of sp³-hybridized carbons (Fsp3) is 0.600. The summed E-state index contributed by atoms with van der Waals surface area (Å²) < 4.78 is 36.4. The third kappa shape index (κ3) is 5.39. The number of hydrogen-bond donors (Lipinski definition) is 1. The Morgan fingerprint density at radius 1 is 1.39 bits per heavy atom. The summed E-state index contributed by atoms with van der Waals surface area (Å²) in [6.45, 7) is 9.40. The molecule has 1 N–H and O–H groups in total. The van der Waals surface area contributed by atoms with Crippen molar-refractivity contribution in [3.63, 3.8) is 0 Å². The van der Waals surface area contributed by atoms with Gasteiger partial charge in [-0.2, -0.15) is 13.9 Å². The Balaban J connectivity index is 0.000000494. The van der Waals surface area contributed by atoms with Crippen molar-refractivity contribution < 1.29 is 22.1 Å². The summed E-state index contributed by atoms with van der Waals surface area (Å²) in [5, 5.41) is 0. The normalized spacial score (nSPS) is 10.8. The van der Waals surface area contributed by atoms with Crippen LogP contribution in [-0.4, -0.2) is 22.1 Å². The monoisotopic (exact) mass is 278 g/mol. The zero-order chi connectivity index (χ0) is 14.5. The van der Waals surface area contributed by atoms with E-state index < -0.39 is 10.4 Å². The predicted molar refractivity (Wildman–Crippen MR) is 64.0 cm³/mol. The molecule has 0 spiro atoms. The van der Waals surface area contributed by atoms with Crippen LogP contribution >= 0.6 is 0 Å². The SMILES string of the molecule is CCn1c(C)cc(C)[n+](CC)c1=O.O=S(=O)([O-])O. The second-order valence-electron chi connectivity index (χ2n) is 3.63. The van der Waals surface area contributed by atoms with E-state index in [2.05, 4.69) is 6.07 Å². The van der Waals surface area contributed by atoms with Gasteiger partial charge in [-0.3, -0.25) is 4.55 Å². The molecule has 0 amide bonds. The average molecular weight is 278 g/mol. The van der Waals surface area contributed by atoms with Crippen molar-refractivity contribution in [2.75, 3.05) is 0 Å². The van der Waals surface area contributed by atoms with E-state index in [0.29, 0.717) is 0 Å². The standard InChI is InChI=1S/C10H17N2O.H2O4S/c1-5-11-8(3)7-9(4)12(6-2)10(11)13;1-5(2,3)4/h7H,5-6H2,1-4H3;(H2,1,2,3,4)/q+1;/p-1. The van der Waals surface area contributed by atoms with E-state index in [9.17, 15) is 4.79 Å². The van der Waals surface area contributed by atoms with Crippen LogP contribution in [0.2, 0.25) is 0 Å². The Morgan fingerprint density at radius 3 is 2.17 bits per heavy atom. The van der Waals surface area contributed by atoms with Crippen LogP contribution in [0.5, 0.6) is 0 Å². The Labute approximate surface area is 106 Å². The molecule has 0 bridgehead atoms. The second-order valence-corrected chi connectivity index (χ2v) is 4.48. The fourth-order valence-corrected chi connectivity index (χ4v) is 1.67. The Bertz CT molecular complexity index is 523. The minimum absolute atomic E-state index is 0.0995. The van der Waals surface area contributed by atoms with Crippen LogP contribution in [0.25, 0.3) is 0 Å². The van der Waals surface area contributed by atoms with Crippen molar-refractivity contribution in [2.24, 2.45) is 0 Å². The Morgan fingerprint density at radius 2 is 1.83 bits per heavy atom. The smallest absolute Gasteiger partial charge is 0.498 e. The zero-order valence-electron chi connectivity index (χ0n) is 10.9. The van der Waals surface area contributed by atoms with Gasteiger partial charge in [0, 0.05) is 6.07 Å². The number of rotatable bonds is 2. The van der Waals surface area contributed by atoms with Crippen molar-refractivity contribution in [2.45, 2.75) is 40.8 Å². The molecule has 8 heteroatoms. The van der Waals surface area contributed by atoms with Gasteiger partial charge in [0.2, 0.25) is 10.4 Å². The second kappa shape index (κ2) is 6.62. The number of hydrogen-bond acceptors (Lipinski definition) is 4. The molecule has 0 fully saturated rings. The van der Waals surface area contributed by atoms with Crippen LogP contribution in [0.15, 0.2) is 10.9 Å². The largest absolute Gasteiger partial charge is 0.726 e. The van der Waals surface area contributed by atoms with Gasteiger partial charge in [-0.15, -0.1) is 0 Å². The summed E-state index contributed by atoms with van der Waals surface area (Å²) in [5.74, 6) is 0. The molecule has 0 saturated carbocycles. The van der Waals surface area contributed by atoms with E-state index in [1.54, 1.807) is 9.13 Å². The van der Waals surface area contributed by atoms with Gasteiger partial charge in [0.25, 0.3) is 0 Å². The molecule has 1 heterocycles. The third-order valence-corrected chi connectivity index (χ3v) is 2.36. The molecule has 0 aliphatic rings. The highest BCUT2D eigenvalue weighted by molar-refractivity contribution is 7.79. The first-order valence-corrected chi connectivity index (χ1v) is 6.77. The van der Waals surface area contributed by atoms with Gasteiger partial charge in [-0.05, 0) is 27.7 Å². The molecule has 1 aromatic rings. The maximum atomic E-state index is 11.8. The highest BCUT2D eigenvalue weighted by atomic mass is 32.3. The van der Waals surface area contributed by atoms with Gasteiger partial charge in [0.1, 0.15) is 11.4 Å². The highest BCUT2D eigenvalue weighted by Crippen LogP contribution is 1.94. The molecule has 0 aliphatic heterocycles. The first kappa shape index (κ1) is 16.8. The lowest BCUT2D eigenvalue weighted by atomic mass is 10.3. The maximum Gasteiger partial charge on any atom is 0.498 e. The molecule has 7 nitrogen and oxygen atoms in total. The van der Waals surface area contributed by atoms with Gasteiger partial charge >= 0.3 is 5.69 Å². The van der Waals surface area contributed by atoms with Crippen molar-refractivity contribution >= 4 is 10.4 Å². The van der Waals surface area contributed by atoms with E-state index in [0.717, 1.165) is 24.5 Å². The lowest BCUT2D eigenvalue weighted by Gasteiger charge is -2.04. The minimum Gasteiger partial charge on any atom is -0.726 e. The summed E-state index contributed by atoms with van der Waals surface area (Å²) in [6, 6.07) is 2.05. The lowest BCUT2D eigenvalue weighted by molar-refractivity contribution is -0.718. The van der Waals surface area contributed by atoms with E-state index in [-0.39, 0.29) is 5.69 Å². The quantitative estimate of drug-likeness (QED) is 0.458. The van der Waals surface area contributed by atoms with Gasteiger partial charge in [-0.1, -0.05) is 0 Å². The first-order valence-electron chi connectivity index (χ1n) is 5.41. The highest BCUT2D eigenvalue weighted by Gasteiger charge is 2.13. The maximum absolute atomic E-state index is 11.8. The Kier molecular flexibility index (Phi) is 6.16. The summed E-state index contributed by atoms with van der Waals surface area (Å²) in [4.78, 5) is 11.8. The van der Waals surface area contributed by atoms with E-state index in [1.807, 2.05) is 27.7 Å². The molecule has 0 aromatic carbocycles. The number of aromatic nitrogens is 2. The molecule has 18 heavy (non-hydrogen) atoms. The molecule has 0 radical (unpaired) electrons. The van der Waals surface area contributed by atoms with E-state index >= 15 is 0 Å². The average Bonchev–Trinajstić information content (AvgIpc) is 2.15. The molecule has 0 unspecified atom stereocenters. The lowest BCUT2D eigenvalue weighted by Crippen LogP contribution is -2.56. The summed E-state index contributed by atoms with van der Waals surface area (Å²) in [5.41, 5.74) is 2.17. The molecule has 1 rings (SSSR count). The van der Waals surface area contributed by atoms with Gasteiger partial charge < -0.3 is 4.55 Å². The van der Waals surface area contributed by atoms with Crippen LogP contribution in [-0.2, 0) is 23.5 Å². The summed E-state index contributed by atoms with van der Waals surface area (Å²) in [6.07, 6.45) is 0. The van der Waals surface area contributed by atoms with Crippen LogP contribution in [0, 0.1) is 13.8 Å². The fourth-order valence-electron chi connectivity index (χ4n) is 1.67. The van der Waals surface area contributed by atoms with E-state index in [1.165, 1.54) is 0 Å². The molecular formula is C10H18N2O5S. The van der Waals surface area contributed by atoms with E-state index in [4.69, 9.17) is 17.5 Å². The number of nitrogens with zero attached hydrogens (tertiary/aromatic N) is 2. The molecule has 1 aromatic heterocycles. The first-order chi connectivity index (χ1) is 8.11. The van der Waals surface area contributed by atoms with Crippen molar-refractivity contribution in [3.05, 3.63) is 27.9 Å². The van der Waals surface area contributed by atoms with Crippen LogP contribution in [0.4, 0.5) is 0 Å². The van der Waals surface area contributed by atoms with Gasteiger partial charge in [0.05, 0.1) is 13.1 Å². The van der Waals surface area contributed by atoms with Crippen molar-refractivity contribution in [3.8, 4) is 0 Å². The third-order valence-electron chi connectivity index (χ3n) is 2.36. The molecule has 0 saturated heterocycles. The Hall–Kier alpha value is -1.25. The molecule has 0 aliphatic carbocycles. The zero-order valence-corrected chi connectivity index (χ0v) is 11.7. The van der Waals surface area contributed by atoms with Crippen molar-refractivity contribution in [1.29, 1.82) is 0 Å². The predicted octanol–water partition coefficient (Wildman–Crippen LogP) is -0.203. The molecular weight excluding hydrogens is 260 g/mol. The molecule has 104 valence electrons. The number of aryl methyl sites for hydroxylation is 2. The summed E-state index contributed by atoms with van der Waals surface area (Å²) in [7, 11) is -4.92. The van der Waals surface area contributed by atoms with Gasteiger partial charge in [0.15, 0.2) is 0 Å². The topological polar surface area (TPSA) is 103 Å².